The summed E-state index contributed by atoms with van der Waals surface area (Å²) in [7, 11) is 1.66. The fourth-order valence-electron chi connectivity index (χ4n) is 3.86. The molecule has 0 bridgehead atoms. The lowest BCUT2D eigenvalue weighted by Gasteiger charge is -2.35. The Balaban J connectivity index is 1.37. The minimum Gasteiger partial charge on any atom is -0.497 e. The van der Waals surface area contributed by atoms with Gasteiger partial charge in [0.05, 0.1) is 26.4 Å². The normalized spacial score (nSPS) is 15.4. The monoisotopic (exact) mass is 420 g/mol. The number of carbonyl (C=O) groups excluding carboxylic acids is 1. The maximum atomic E-state index is 12.5. The number of nitrogens with zero attached hydrogens (tertiary/aromatic N) is 1. The van der Waals surface area contributed by atoms with Gasteiger partial charge in [0.1, 0.15) is 11.5 Å². The smallest absolute Gasteiger partial charge is 0.258 e. The second-order valence-corrected chi connectivity index (χ2v) is 7.54. The molecule has 4 rings (SSSR count). The Hall–Kier alpha value is -3.09. The van der Waals surface area contributed by atoms with Crippen molar-refractivity contribution in [1.29, 1.82) is 0 Å². The summed E-state index contributed by atoms with van der Waals surface area (Å²) in [6.45, 7) is 3.51. The van der Waals surface area contributed by atoms with Gasteiger partial charge in [-0.2, -0.15) is 0 Å². The molecule has 1 atom stereocenters. The summed E-state index contributed by atoms with van der Waals surface area (Å²) in [6, 6.07) is 22.0. The summed E-state index contributed by atoms with van der Waals surface area (Å²) in [5, 5.41) is 5.27. The maximum Gasteiger partial charge on any atom is 0.258 e. The predicted molar refractivity (Wildman–Crippen MR) is 121 cm³/mol. The van der Waals surface area contributed by atoms with Crippen LogP contribution in [0.1, 0.15) is 11.6 Å². The van der Waals surface area contributed by atoms with Crippen molar-refractivity contribution in [1.82, 2.24) is 10.2 Å². The van der Waals surface area contributed by atoms with Gasteiger partial charge in [-0.05, 0) is 40.6 Å². The molecule has 1 aliphatic rings. The van der Waals surface area contributed by atoms with Crippen LogP contribution in [0.3, 0.4) is 0 Å². The standard InChI is InChI=1S/C25H28N2O4/c1-29-22-8-4-7-21(16-22)24(27-11-13-30-14-12-27)17-26-25(28)18-31-23-10-9-19-5-2-3-6-20(19)15-23/h2-10,15-16,24H,11-14,17-18H2,1H3,(H,26,28)/t24-/m0/s1. The number of hydrogen-bond donors (Lipinski definition) is 1. The second-order valence-electron chi connectivity index (χ2n) is 7.54. The highest BCUT2D eigenvalue weighted by Gasteiger charge is 2.23. The van der Waals surface area contributed by atoms with Crippen molar-refractivity contribution >= 4 is 16.7 Å². The molecule has 1 aliphatic heterocycles. The van der Waals surface area contributed by atoms with Crippen molar-refractivity contribution in [3.63, 3.8) is 0 Å². The number of benzene rings is 3. The van der Waals surface area contributed by atoms with Crippen LogP contribution in [0, 0.1) is 0 Å². The number of hydrogen-bond acceptors (Lipinski definition) is 5. The maximum absolute atomic E-state index is 12.5. The number of methoxy groups -OCH3 is 1. The van der Waals surface area contributed by atoms with E-state index in [-0.39, 0.29) is 18.6 Å². The number of amides is 1. The van der Waals surface area contributed by atoms with Gasteiger partial charge in [0.25, 0.3) is 5.91 Å². The lowest BCUT2D eigenvalue weighted by molar-refractivity contribution is -0.123. The molecule has 31 heavy (non-hydrogen) atoms. The van der Waals surface area contributed by atoms with Gasteiger partial charge in [-0.1, -0.05) is 42.5 Å². The Morgan fingerprint density at radius 2 is 1.81 bits per heavy atom. The minimum absolute atomic E-state index is 0.0215. The van der Waals surface area contributed by atoms with Crippen LogP contribution in [-0.2, 0) is 9.53 Å². The van der Waals surface area contributed by atoms with E-state index in [0.29, 0.717) is 25.5 Å². The van der Waals surface area contributed by atoms with E-state index in [1.165, 1.54) is 0 Å². The zero-order valence-corrected chi connectivity index (χ0v) is 17.8. The van der Waals surface area contributed by atoms with Crippen molar-refractivity contribution in [2.24, 2.45) is 0 Å². The van der Waals surface area contributed by atoms with Crippen LogP contribution in [0.25, 0.3) is 10.8 Å². The number of rotatable bonds is 8. The molecule has 0 saturated carbocycles. The molecule has 1 fully saturated rings. The molecule has 162 valence electrons. The van der Waals surface area contributed by atoms with E-state index in [1.54, 1.807) is 7.11 Å². The first-order valence-electron chi connectivity index (χ1n) is 10.6. The summed E-state index contributed by atoms with van der Waals surface area (Å²) >= 11 is 0. The van der Waals surface area contributed by atoms with Gasteiger partial charge in [-0.25, -0.2) is 0 Å². The van der Waals surface area contributed by atoms with Crippen LogP contribution >= 0.6 is 0 Å². The van der Waals surface area contributed by atoms with Crippen LogP contribution in [0.15, 0.2) is 66.7 Å². The Morgan fingerprint density at radius 3 is 2.61 bits per heavy atom. The van der Waals surface area contributed by atoms with Crippen molar-refractivity contribution in [2.75, 3.05) is 46.6 Å². The second kappa shape index (κ2) is 10.3. The third-order valence-electron chi connectivity index (χ3n) is 5.55. The molecule has 1 N–H and O–H groups in total. The van der Waals surface area contributed by atoms with Gasteiger partial charge in [0.2, 0.25) is 0 Å². The Bertz CT molecular complexity index is 1020. The summed E-state index contributed by atoms with van der Waals surface area (Å²) in [5.41, 5.74) is 1.11. The van der Waals surface area contributed by atoms with E-state index >= 15 is 0 Å². The molecule has 3 aromatic carbocycles. The number of fused-ring (bicyclic) bond motifs is 1. The van der Waals surface area contributed by atoms with Crippen LogP contribution in [0.5, 0.6) is 11.5 Å². The van der Waals surface area contributed by atoms with Crippen LogP contribution in [-0.4, -0.2) is 57.4 Å². The average molecular weight is 421 g/mol. The Labute approximate surface area is 182 Å². The van der Waals surface area contributed by atoms with Crippen LogP contribution in [0.4, 0.5) is 0 Å². The molecular formula is C25H28N2O4. The molecule has 1 heterocycles. The van der Waals surface area contributed by atoms with E-state index in [4.69, 9.17) is 14.2 Å². The molecule has 0 aromatic heterocycles. The predicted octanol–water partition coefficient (Wildman–Crippen LogP) is 3.42. The topological polar surface area (TPSA) is 60.0 Å². The van der Waals surface area contributed by atoms with Gasteiger partial charge >= 0.3 is 0 Å². The minimum atomic E-state index is -0.144. The molecule has 3 aromatic rings. The van der Waals surface area contributed by atoms with E-state index < -0.39 is 0 Å². The summed E-state index contributed by atoms with van der Waals surface area (Å²) in [5.74, 6) is 1.35. The molecular weight excluding hydrogens is 392 g/mol. The fraction of sp³-hybridized carbons (Fsp3) is 0.320. The number of ether oxygens (including phenoxy) is 3. The van der Waals surface area contributed by atoms with E-state index in [0.717, 1.165) is 35.2 Å². The molecule has 0 spiro atoms. The molecule has 0 unspecified atom stereocenters. The van der Waals surface area contributed by atoms with Gasteiger partial charge in [-0.3, -0.25) is 9.69 Å². The van der Waals surface area contributed by atoms with Crippen LogP contribution < -0.4 is 14.8 Å². The molecule has 1 saturated heterocycles. The highest BCUT2D eigenvalue weighted by Crippen LogP contribution is 2.25. The zero-order valence-electron chi connectivity index (χ0n) is 17.8. The van der Waals surface area contributed by atoms with Gasteiger partial charge < -0.3 is 19.5 Å². The van der Waals surface area contributed by atoms with Crippen molar-refractivity contribution in [2.45, 2.75) is 6.04 Å². The number of morpholine rings is 1. The quantitative estimate of drug-likeness (QED) is 0.605. The van der Waals surface area contributed by atoms with Crippen molar-refractivity contribution in [3.05, 3.63) is 72.3 Å². The third kappa shape index (κ3) is 5.54. The molecule has 0 aliphatic carbocycles. The SMILES string of the molecule is COc1cccc([C@H](CNC(=O)COc2ccc3ccccc3c2)N2CCOCC2)c1. The van der Waals surface area contributed by atoms with E-state index in [2.05, 4.69) is 22.3 Å². The first-order valence-corrected chi connectivity index (χ1v) is 10.6. The number of nitrogens with one attached hydrogen (secondary N) is 1. The zero-order chi connectivity index (χ0) is 21.5. The summed E-state index contributed by atoms with van der Waals surface area (Å²) < 4.78 is 16.6. The van der Waals surface area contributed by atoms with E-state index in [9.17, 15) is 4.79 Å². The Morgan fingerprint density at radius 1 is 1.00 bits per heavy atom. The largest absolute Gasteiger partial charge is 0.497 e. The van der Waals surface area contributed by atoms with Crippen molar-refractivity contribution < 1.29 is 19.0 Å². The van der Waals surface area contributed by atoms with Crippen molar-refractivity contribution in [3.8, 4) is 11.5 Å². The first-order chi connectivity index (χ1) is 15.2. The fourth-order valence-corrected chi connectivity index (χ4v) is 3.86. The molecule has 1 amide bonds. The highest BCUT2D eigenvalue weighted by atomic mass is 16.5. The first kappa shape index (κ1) is 21.2. The average Bonchev–Trinajstić information content (AvgIpc) is 2.83. The lowest BCUT2D eigenvalue weighted by Crippen LogP contribution is -2.44. The van der Waals surface area contributed by atoms with Gasteiger partial charge in [-0.15, -0.1) is 0 Å². The lowest BCUT2D eigenvalue weighted by atomic mass is 10.0. The molecule has 0 radical (unpaired) electrons. The van der Waals surface area contributed by atoms with E-state index in [1.807, 2.05) is 54.6 Å². The van der Waals surface area contributed by atoms with Gasteiger partial charge in [0, 0.05) is 19.6 Å². The third-order valence-corrected chi connectivity index (χ3v) is 5.55. The highest BCUT2D eigenvalue weighted by molar-refractivity contribution is 5.84. The Kier molecular flexibility index (Phi) is 7.02. The summed E-state index contributed by atoms with van der Waals surface area (Å²) in [4.78, 5) is 14.9. The molecule has 6 nitrogen and oxygen atoms in total. The van der Waals surface area contributed by atoms with Crippen LogP contribution in [0.2, 0.25) is 0 Å². The summed E-state index contributed by atoms with van der Waals surface area (Å²) in [6.07, 6.45) is 0. The molecule has 6 heteroatoms. The van der Waals surface area contributed by atoms with Gasteiger partial charge in [0.15, 0.2) is 6.61 Å². The number of carbonyl (C=O) groups is 1.